The number of hydrogen-bond donors (Lipinski definition) is 1. The average Bonchev–Trinajstić information content (AvgIpc) is 3.41. The number of aromatic nitrogens is 3. The standard InChI is InChI=1S/C23H20N4O2S/c1-17-24-19(16-30-17)15-29-21-10-7-18(8-11-21)9-12-23(28)25-22-13-14-27(26-22)20-5-3-2-4-6-20/h2-14,16H,15H2,1H3,(H,25,26,28)/b12-9+. The molecule has 0 unspecified atom stereocenters. The van der Waals surface area contributed by atoms with E-state index in [9.17, 15) is 4.79 Å². The summed E-state index contributed by atoms with van der Waals surface area (Å²) < 4.78 is 7.45. The number of ether oxygens (including phenoxy) is 1. The van der Waals surface area contributed by atoms with Crippen LogP contribution in [0.3, 0.4) is 0 Å². The van der Waals surface area contributed by atoms with E-state index in [1.807, 2.05) is 66.9 Å². The molecular formula is C23H20N4O2S. The van der Waals surface area contributed by atoms with E-state index >= 15 is 0 Å². The molecule has 150 valence electrons. The van der Waals surface area contributed by atoms with Gasteiger partial charge in [0.1, 0.15) is 12.4 Å². The molecule has 0 atom stereocenters. The third kappa shape index (κ3) is 5.21. The second-order valence-corrected chi connectivity index (χ2v) is 7.58. The average molecular weight is 417 g/mol. The molecule has 2 heterocycles. The molecule has 4 aromatic rings. The van der Waals surface area contributed by atoms with Gasteiger partial charge in [0, 0.05) is 23.7 Å². The topological polar surface area (TPSA) is 69.0 Å². The fraction of sp³-hybridized carbons (Fsp3) is 0.0870. The molecule has 6 nitrogen and oxygen atoms in total. The number of para-hydroxylation sites is 1. The van der Waals surface area contributed by atoms with Crippen LogP contribution in [-0.2, 0) is 11.4 Å². The largest absolute Gasteiger partial charge is 0.487 e. The Bertz CT molecular complexity index is 1150. The second-order valence-electron chi connectivity index (χ2n) is 6.52. The summed E-state index contributed by atoms with van der Waals surface area (Å²) >= 11 is 1.61. The van der Waals surface area contributed by atoms with Gasteiger partial charge in [0.05, 0.1) is 16.4 Å². The van der Waals surface area contributed by atoms with Crippen LogP contribution in [0.4, 0.5) is 5.82 Å². The smallest absolute Gasteiger partial charge is 0.249 e. The van der Waals surface area contributed by atoms with Crippen molar-refractivity contribution in [1.82, 2.24) is 14.8 Å². The van der Waals surface area contributed by atoms with Gasteiger partial charge in [-0.1, -0.05) is 30.3 Å². The number of amides is 1. The van der Waals surface area contributed by atoms with Gasteiger partial charge in [0.25, 0.3) is 0 Å². The number of benzene rings is 2. The van der Waals surface area contributed by atoms with Crippen molar-refractivity contribution < 1.29 is 9.53 Å². The van der Waals surface area contributed by atoms with Crippen molar-refractivity contribution in [2.45, 2.75) is 13.5 Å². The van der Waals surface area contributed by atoms with E-state index in [-0.39, 0.29) is 5.91 Å². The maximum Gasteiger partial charge on any atom is 0.249 e. The Labute approximate surface area is 178 Å². The van der Waals surface area contributed by atoms with E-state index in [4.69, 9.17) is 4.74 Å². The summed E-state index contributed by atoms with van der Waals surface area (Å²) in [5, 5.41) is 10.2. The maximum atomic E-state index is 12.2. The first-order chi connectivity index (χ1) is 14.7. The highest BCUT2D eigenvalue weighted by molar-refractivity contribution is 7.09. The van der Waals surface area contributed by atoms with Crippen LogP contribution in [0.15, 0.2) is 78.3 Å². The normalized spacial score (nSPS) is 11.0. The summed E-state index contributed by atoms with van der Waals surface area (Å²) in [7, 11) is 0. The van der Waals surface area contributed by atoms with E-state index < -0.39 is 0 Å². The molecular weight excluding hydrogens is 396 g/mol. The zero-order valence-electron chi connectivity index (χ0n) is 16.4. The van der Waals surface area contributed by atoms with E-state index in [0.29, 0.717) is 12.4 Å². The Morgan fingerprint density at radius 1 is 1.13 bits per heavy atom. The molecule has 0 fully saturated rings. The zero-order valence-corrected chi connectivity index (χ0v) is 17.2. The summed E-state index contributed by atoms with van der Waals surface area (Å²) in [4.78, 5) is 16.6. The lowest BCUT2D eigenvalue weighted by molar-refractivity contribution is -0.111. The fourth-order valence-corrected chi connectivity index (χ4v) is 3.36. The van der Waals surface area contributed by atoms with Crippen LogP contribution in [0.1, 0.15) is 16.3 Å². The van der Waals surface area contributed by atoms with Crippen LogP contribution in [0, 0.1) is 6.92 Å². The first-order valence-electron chi connectivity index (χ1n) is 9.40. The summed E-state index contributed by atoms with van der Waals surface area (Å²) in [5.41, 5.74) is 2.76. The molecule has 1 amide bonds. The van der Waals surface area contributed by atoms with Crippen molar-refractivity contribution >= 4 is 29.1 Å². The lowest BCUT2D eigenvalue weighted by Crippen LogP contribution is -2.08. The van der Waals surface area contributed by atoms with Crippen molar-refractivity contribution in [3.63, 3.8) is 0 Å². The van der Waals surface area contributed by atoms with Crippen molar-refractivity contribution in [2.75, 3.05) is 5.32 Å². The quantitative estimate of drug-likeness (QED) is 0.437. The Kier molecular flexibility index (Phi) is 6.01. The Hall–Kier alpha value is -3.71. The van der Waals surface area contributed by atoms with Crippen LogP contribution in [0.2, 0.25) is 0 Å². The maximum absolute atomic E-state index is 12.2. The molecule has 0 spiro atoms. The van der Waals surface area contributed by atoms with E-state index in [2.05, 4.69) is 15.4 Å². The molecule has 7 heteroatoms. The number of nitrogens with zero attached hydrogens (tertiary/aromatic N) is 3. The fourth-order valence-electron chi connectivity index (χ4n) is 2.76. The molecule has 2 aromatic carbocycles. The van der Waals surface area contributed by atoms with Crippen molar-refractivity contribution in [1.29, 1.82) is 0 Å². The van der Waals surface area contributed by atoms with Gasteiger partial charge in [0.15, 0.2) is 5.82 Å². The third-order valence-electron chi connectivity index (χ3n) is 4.22. The molecule has 2 aromatic heterocycles. The van der Waals surface area contributed by atoms with Gasteiger partial charge in [-0.25, -0.2) is 9.67 Å². The number of hydrogen-bond acceptors (Lipinski definition) is 5. The molecule has 0 aliphatic heterocycles. The monoisotopic (exact) mass is 416 g/mol. The number of anilines is 1. The summed E-state index contributed by atoms with van der Waals surface area (Å²) in [5.74, 6) is 1.01. The third-order valence-corrected chi connectivity index (χ3v) is 5.04. The van der Waals surface area contributed by atoms with Crippen molar-refractivity contribution in [3.05, 3.63) is 94.6 Å². The highest BCUT2D eigenvalue weighted by Gasteiger charge is 2.04. The second kappa shape index (κ2) is 9.19. The molecule has 0 bridgehead atoms. The van der Waals surface area contributed by atoms with Gasteiger partial charge >= 0.3 is 0 Å². The number of nitrogens with one attached hydrogen (secondary N) is 1. The van der Waals surface area contributed by atoms with Gasteiger partial charge < -0.3 is 10.1 Å². The Morgan fingerprint density at radius 2 is 1.93 bits per heavy atom. The molecule has 0 saturated carbocycles. The predicted octanol–water partition coefficient (Wildman–Crippen LogP) is 4.87. The number of rotatable bonds is 7. The Morgan fingerprint density at radius 3 is 2.67 bits per heavy atom. The van der Waals surface area contributed by atoms with Gasteiger partial charge in [-0.3, -0.25) is 4.79 Å². The number of aryl methyl sites for hydroxylation is 1. The van der Waals surface area contributed by atoms with Crippen LogP contribution in [0.5, 0.6) is 5.75 Å². The number of carbonyl (C=O) groups is 1. The lowest BCUT2D eigenvalue weighted by atomic mass is 10.2. The number of carbonyl (C=O) groups excluding carboxylic acids is 1. The van der Waals surface area contributed by atoms with E-state index in [1.165, 1.54) is 6.08 Å². The van der Waals surface area contributed by atoms with Gasteiger partial charge in [-0.15, -0.1) is 11.3 Å². The van der Waals surface area contributed by atoms with Crippen LogP contribution in [-0.4, -0.2) is 20.7 Å². The van der Waals surface area contributed by atoms with Crippen LogP contribution >= 0.6 is 11.3 Å². The zero-order chi connectivity index (χ0) is 20.8. The van der Waals surface area contributed by atoms with E-state index in [0.717, 1.165) is 27.7 Å². The molecule has 4 rings (SSSR count). The Balaban J connectivity index is 1.30. The molecule has 0 saturated heterocycles. The first-order valence-corrected chi connectivity index (χ1v) is 10.3. The molecule has 0 aliphatic rings. The summed E-state index contributed by atoms with van der Waals surface area (Å²) in [6.45, 7) is 2.41. The molecule has 0 radical (unpaired) electrons. The van der Waals surface area contributed by atoms with Gasteiger partial charge in [0.2, 0.25) is 5.91 Å². The van der Waals surface area contributed by atoms with Crippen LogP contribution in [0.25, 0.3) is 11.8 Å². The summed E-state index contributed by atoms with van der Waals surface area (Å²) in [6, 6.07) is 19.0. The van der Waals surface area contributed by atoms with Crippen LogP contribution < -0.4 is 10.1 Å². The van der Waals surface area contributed by atoms with Crippen molar-refractivity contribution in [2.24, 2.45) is 0 Å². The van der Waals surface area contributed by atoms with Crippen molar-refractivity contribution in [3.8, 4) is 11.4 Å². The minimum atomic E-state index is -0.243. The molecule has 30 heavy (non-hydrogen) atoms. The van der Waals surface area contributed by atoms with Gasteiger partial charge in [-0.2, -0.15) is 5.10 Å². The minimum absolute atomic E-state index is 0.243. The van der Waals surface area contributed by atoms with E-state index in [1.54, 1.807) is 34.4 Å². The SMILES string of the molecule is Cc1nc(COc2ccc(/C=C/C(=O)Nc3ccn(-c4ccccc4)n3)cc2)cs1. The highest BCUT2D eigenvalue weighted by Crippen LogP contribution is 2.16. The summed E-state index contributed by atoms with van der Waals surface area (Å²) in [6.07, 6.45) is 5.03. The highest BCUT2D eigenvalue weighted by atomic mass is 32.1. The first kappa shape index (κ1) is 19.6. The lowest BCUT2D eigenvalue weighted by Gasteiger charge is -2.04. The predicted molar refractivity (Wildman–Crippen MR) is 119 cm³/mol. The minimum Gasteiger partial charge on any atom is -0.487 e. The number of thiazole rings is 1. The van der Waals surface area contributed by atoms with Gasteiger partial charge in [-0.05, 0) is 42.8 Å². The molecule has 1 N–H and O–H groups in total. The molecule has 0 aliphatic carbocycles.